The minimum absolute atomic E-state index is 0.0441. The molecule has 0 N–H and O–H groups in total. The van der Waals surface area contributed by atoms with E-state index in [2.05, 4.69) is 24.0 Å². The van der Waals surface area contributed by atoms with Crippen LogP contribution < -0.4 is 19.1 Å². The molecule has 0 spiro atoms. The molecule has 2 unspecified atom stereocenters. The summed E-state index contributed by atoms with van der Waals surface area (Å²) in [5.41, 5.74) is 3.70. The third-order valence-corrected chi connectivity index (χ3v) is 8.52. The largest absolute Gasteiger partial charge is 0.493 e. The molecule has 2 atom stereocenters. The maximum atomic E-state index is 14.2. The Bertz CT molecular complexity index is 1400. The predicted molar refractivity (Wildman–Crippen MR) is 160 cm³/mol. The number of aryl methyl sites for hydroxylation is 1. The van der Waals surface area contributed by atoms with Crippen LogP contribution in [0.3, 0.4) is 0 Å². The molecule has 0 aliphatic carbocycles. The number of hydrogen-bond donors (Lipinski definition) is 0. The van der Waals surface area contributed by atoms with E-state index in [0.717, 1.165) is 18.7 Å². The van der Waals surface area contributed by atoms with E-state index in [4.69, 9.17) is 25.8 Å². The van der Waals surface area contributed by atoms with Crippen molar-refractivity contribution in [3.05, 3.63) is 82.4 Å². The number of methoxy groups -OCH3 is 3. The van der Waals surface area contributed by atoms with Crippen molar-refractivity contribution in [3.63, 3.8) is 0 Å². The number of hydrogen-bond acceptors (Lipinski definition) is 6. The van der Waals surface area contributed by atoms with Gasteiger partial charge in [-0.25, -0.2) is 0 Å². The molecule has 2 fully saturated rings. The van der Waals surface area contributed by atoms with Gasteiger partial charge in [-0.2, -0.15) is 0 Å². The van der Waals surface area contributed by atoms with Gasteiger partial charge in [-0.15, -0.1) is 0 Å². The smallest absolute Gasteiger partial charge is 0.255 e. The van der Waals surface area contributed by atoms with Crippen LogP contribution in [0.15, 0.2) is 60.7 Å². The summed E-state index contributed by atoms with van der Waals surface area (Å²) in [4.78, 5) is 33.8. The van der Waals surface area contributed by atoms with Gasteiger partial charge >= 0.3 is 0 Å². The fourth-order valence-electron chi connectivity index (χ4n) is 6.00. The van der Waals surface area contributed by atoms with Crippen LogP contribution in [0.1, 0.15) is 27.4 Å². The molecule has 0 aromatic heterocycles. The van der Waals surface area contributed by atoms with Crippen molar-refractivity contribution in [1.82, 2.24) is 9.80 Å². The highest BCUT2D eigenvalue weighted by Gasteiger charge is 2.43. The van der Waals surface area contributed by atoms with Crippen molar-refractivity contribution in [2.75, 3.05) is 65.5 Å². The van der Waals surface area contributed by atoms with Crippen molar-refractivity contribution >= 4 is 29.1 Å². The van der Waals surface area contributed by atoms with Crippen LogP contribution >= 0.6 is 11.6 Å². The molecule has 9 heteroatoms. The number of carbonyl (C=O) groups excluding carboxylic acids is 2. The Kier molecular flexibility index (Phi) is 8.59. The first-order valence-electron chi connectivity index (χ1n) is 13.8. The average Bonchev–Trinajstić information content (AvgIpc) is 3.46. The highest BCUT2D eigenvalue weighted by molar-refractivity contribution is 6.33. The highest BCUT2D eigenvalue weighted by Crippen LogP contribution is 2.44. The molecule has 3 aromatic rings. The zero-order valence-corrected chi connectivity index (χ0v) is 24.7. The molecule has 216 valence electrons. The van der Waals surface area contributed by atoms with Gasteiger partial charge in [0.1, 0.15) is 0 Å². The van der Waals surface area contributed by atoms with Gasteiger partial charge in [0, 0.05) is 50.9 Å². The van der Waals surface area contributed by atoms with Crippen LogP contribution in [0.2, 0.25) is 5.02 Å². The molecule has 0 saturated carbocycles. The number of anilines is 1. The van der Waals surface area contributed by atoms with Gasteiger partial charge in [0.2, 0.25) is 11.7 Å². The Hall–Kier alpha value is -3.91. The number of para-hydroxylation sites is 1. The number of ether oxygens (including phenoxy) is 3. The molecular weight excluding hydrogens is 542 g/mol. The first kappa shape index (κ1) is 28.6. The Labute approximate surface area is 246 Å². The second kappa shape index (κ2) is 12.3. The molecule has 2 saturated heterocycles. The van der Waals surface area contributed by atoms with Gasteiger partial charge in [0.15, 0.2) is 11.5 Å². The Morgan fingerprint density at radius 2 is 1.44 bits per heavy atom. The molecule has 2 aliphatic heterocycles. The lowest BCUT2D eigenvalue weighted by Gasteiger charge is -2.38. The van der Waals surface area contributed by atoms with Gasteiger partial charge in [0.05, 0.1) is 37.8 Å². The van der Waals surface area contributed by atoms with Crippen molar-refractivity contribution in [1.29, 1.82) is 0 Å². The molecule has 3 aromatic carbocycles. The molecule has 0 radical (unpaired) electrons. The zero-order valence-electron chi connectivity index (χ0n) is 23.9. The number of likely N-dealkylation sites (tertiary alicyclic amines) is 1. The number of carbonyl (C=O) groups is 2. The summed E-state index contributed by atoms with van der Waals surface area (Å²) < 4.78 is 16.7. The van der Waals surface area contributed by atoms with Gasteiger partial charge in [0.25, 0.3) is 5.91 Å². The van der Waals surface area contributed by atoms with E-state index < -0.39 is 5.92 Å². The summed E-state index contributed by atoms with van der Waals surface area (Å²) >= 11 is 6.39. The Morgan fingerprint density at radius 3 is 2.05 bits per heavy atom. The minimum atomic E-state index is -0.436. The third-order valence-electron chi connectivity index (χ3n) is 8.19. The van der Waals surface area contributed by atoms with Gasteiger partial charge in [-0.1, -0.05) is 41.9 Å². The monoisotopic (exact) mass is 577 g/mol. The van der Waals surface area contributed by atoms with Gasteiger partial charge in [-0.05, 0) is 48.4 Å². The van der Waals surface area contributed by atoms with Crippen molar-refractivity contribution in [3.8, 4) is 17.2 Å². The van der Waals surface area contributed by atoms with Crippen LogP contribution in [-0.4, -0.2) is 82.2 Å². The number of nitrogens with zero attached hydrogens (tertiary/aromatic N) is 3. The molecule has 8 nitrogen and oxygen atoms in total. The third kappa shape index (κ3) is 5.66. The first-order valence-corrected chi connectivity index (χ1v) is 14.2. The van der Waals surface area contributed by atoms with E-state index in [-0.39, 0.29) is 17.7 Å². The van der Waals surface area contributed by atoms with Gasteiger partial charge < -0.3 is 28.9 Å². The van der Waals surface area contributed by atoms with Gasteiger partial charge in [-0.3, -0.25) is 9.59 Å². The van der Waals surface area contributed by atoms with E-state index in [0.29, 0.717) is 54.0 Å². The fourth-order valence-corrected chi connectivity index (χ4v) is 6.22. The Morgan fingerprint density at radius 1 is 0.805 bits per heavy atom. The highest BCUT2D eigenvalue weighted by atomic mass is 35.5. The molecule has 2 heterocycles. The summed E-state index contributed by atoms with van der Waals surface area (Å²) in [6.45, 7) is 5.50. The zero-order chi connectivity index (χ0) is 29.1. The van der Waals surface area contributed by atoms with Crippen LogP contribution in [0, 0.1) is 12.8 Å². The number of halogens is 1. The van der Waals surface area contributed by atoms with Crippen molar-refractivity contribution in [2.24, 2.45) is 5.92 Å². The summed E-state index contributed by atoms with van der Waals surface area (Å²) in [7, 11) is 4.70. The predicted octanol–water partition coefficient (Wildman–Crippen LogP) is 4.88. The second-order valence-corrected chi connectivity index (χ2v) is 10.9. The standard InChI is InChI=1S/C32H36ClN3O5/c1-21-9-5-8-12-27(21)34-13-15-35(16-14-34)32(38)25-20-36(31(37)23-10-6-7-11-26(23)33)19-24(25)22-17-28(39-2)30(41-4)29(18-22)40-3/h5-12,17-18,24-25H,13-16,19-20H2,1-4H3. The average molecular weight is 578 g/mol. The molecule has 41 heavy (non-hydrogen) atoms. The number of amides is 2. The van der Waals surface area contributed by atoms with E-state index in [1.54, 1.807) is 50.5 Å². The topological polar surface area (TPSA) is 71.6 Å². The van der Waals surface area contributed by atoms with E-state index >= 15 is 0 Å². The molecule has 2 amide bonds. The maximum absolute atomic E-state index is 14.2. The molecule has 2 aliphatic rings. The summed E-state index contributed by atoms with van der Waals surface area (Å²) in [6, 6.07) is 19.1. The maximum Gasteiger partial charge on any atom is 0.255 e. The van der Waals surface area contributed by atoms with Crippen LogP contribution in [-0.2, 0) is 4.79 Å². The van der Waals surface area contributed by atoms with E-state index in [9.17, 15) is 9.59 Å². The lowest BCUT2D eigenvalue weighted by Crippen LogP contribution is -2.51. The molecule has 5 rings (SSSR count). The first-order chi connectivity index (χ1) is 19.9. The minimum Gasteiger partial charge on any atom is -0.493 e. The normalized spacial score (nSPS) is 18.8. The van der Waals surface area contributed by atoms with E-state index in [1.807, 2.05) is 29.2 Å². The number of piperazine rings is 1. The van der Waals surface area contributed by atoms with E-state index in [1.165, 1.54) is 11.3 Å². The summed E-state index contributed by atoms with van der Waals surface area (Å²) in [5, 5.41) is 0.393. The van der Waals surface area contributed by atoms with Crippen LogP contribution in [0.5, 0.6) is 17.2 Å². The van der Waals surface area contributed by atoms with Crippen molar-refractivity contribution < 1.29 is 23.8 Å². The molecule has 0 bridgehead atoms. The second-order valence-electron chi connectivity index (χ2n) is 10.5. The summed E-state index contributed by atoms with van der Waals surface area (Å²) in [6.07, 6.45) is 0. The fraction of sp³-hybridized carbons (Fsp3) is 0.375. The lowest BCUT2D eigenvalue weighted by atomic mass is 9.87. The number of rotatable bonds is 7. The van der Waals surface area contributed by atoms with Crippen LogP contribution in [0.25, 0.3) is 0 Å². The van der Waals surface area contributed by atoms with Crippen LogP contribution in [0.4, 0.5) is 5.69 Å². The quantitative estimate of drug-likeness (QED) is 0.399. The van der Waals surface area contributed by atoms with Crippen molar-refractivity contribution in [2.45, 2.75) is 12.8 Å². The lowest BCUT2D eigenvalue weighted by molar-refractivity contribution is -0.135. The SMILES string of the molecule is COc1cc(C2CN(C(=O)c3ccccc3Cl)CC2C(=O)N2CCN(c3ccccc3C)CC2)cc(OC)c1OC. The molecular formula is C32H36ClN3O5. The summed E-state index contributed by atoms with van der Waals surface area (Å²) in [5.74, 6) is 0.657. The Balaban J connectivity index is 1.43. The number of benzene rings is 3.